The number of nitro groups is 1. The van der Waals surface area contributed by atoms with Crippen LogP contribution >= 0.6 is 0 Å². The van der Waals surface area contributed by atoms with Crippen LogP contribution in [0.25, 0.3) is 0 Å². The Hall–Kier alpha value is -2.76. The molecule has 0 aliphatic carbocycles. The molecule has 0 radical (unpaired) electrons. The molecule has 5 nitrogen and oxygen atoms in total. The highest BCUT2D eigenvalue weighted by atomic mass is 19.1. The standard InChI is InChI=1S/C14H11FN2O3/c1-9-2-7-12(8-13(9)17(19)20)16-14(18)10-3-5-11(15)6-4-10/h2-8H,1H3,(H,16,18). The van der Waals surface area contributed by atoms with E-state index in [0.29, 0.717) is 11.3 Å². The summed E-state index contributed by atoms with van der Waals surface area (Å²) in [6.45, 7) is 1.61. The molecule has 0 heterocycles. The summed E-state index contributed by atoms with van der Waals surface area (Å²) in [7, 11) is 0. The minimum atomic E-state index is -0.511. The molecule has 0 saturated heterocycles. The summed E-state index contributed by atoms with van der Waals surface area (Å²) in [4.78, 5) is 22.2. The van der Waals surface area contributed by atoms with Crippen LogP contribution in [0.1, 0.15) is 15.9 Å². The van der Waals surface area contributed by atoms with Gasteiger partial charge in [-0.2, -0.15) is 0 Å². The first-order valence-corrected chi connectivity index (χ1v) is 5.79. The van der Waals surface area contributed by atoms with E-state index in [1.165, 1.54) is 30.3 Å². The second kappa shape index (κ2) is 5.48. The third kappa shape index (κ3) is 2.97. The maximum atomic E-state index is 12.8. The van der Waals surface area contributed by atoms with Crippen molar-refractivity contribution in [2.75, 3.05) is 5.32 Å². The molecule has 0 fully saturated rings. The Morgan fingerprint density at radius 2 is 1.85 bits per heavy atom. The molecule has 0 aromatic heterocycles. The number of nitrogens with zero attached hydrogens (tertiary/aromatic N) is 1. The Morgan fingerprint density at radius 1 is 1.20 bits per heavy atom. The van der Waals surface area contributed by atoms with Crippen molar-refractivity contribution >= 4 is 17.3 Å². The summed E-state index contributed by atoms with van der Waals surface area (Å²) in [5.74, 6) is -0.893. The number of carbonyl (C=O) groups excluding carboxylic acids is 1. The Balaban J connectivity index is 2.21. The molecule has 0 bridgehead atoms. The molecular weight excluding hydrogens is 263 g/mol. The molecule has 2 aromatic carbocycles. The first kappa shape index (κ1) is 13.7. The number of nitro benzene ring substituents is 1. The molecule has 0 spiro atoms. The average molecular weight is 274 g/mol. The predicted molar refractivity (Wildman–Crippen MR) is 72.2 cm³/mol. The summed E-state index contributed by atoms with van der Waals surface area (Å²) in [6, 6.07) is 9.44. The van der Waals surface area contributed by atoms with Gasteiger partial charge in [-0.1, -0.05) is 6.07 Å². The van der Waals surface area contributed by atoms with Crippen LogP contribution in [0.15, 0.2) is 42.5 Å². The van der Waals surface area contributed by atoms with Gasteiger partial charge in [0.15, 0.2) is 0 Å². The van der Waals surface area contributed by atoms with Crippen molar-refractivity contribution in [1.82, 2.24) is 0 Å². The zero-order chi connectivity index (χ0) is 14.7. The number of rotatable bonds is 3. The Bertz CT molecular complexity index is 669. The van der Waals surface area contributed by atoms with E-state index in [0.717, 1.165) is 0 Å². The van der Waals surface area contributed by atoms with Crippen LogP contribution in [-0.4, -0.2) is 10.8 Å². The Kier molecular flexibility index (Phi) is 3.74. The molecule has 0 unspecified atom stereocenters. The second-order valence-corrected chi connectivity index (χ2v) is 4.22. The smallest absolute Gasteiger partial charge is 0.274 e. The van der Waals surface area contributed by atoms with E-state index in [1.54, 1.807) is 19.1 Å². The molecule has 6 heteroatoms. The van der Waals surface area contributed by atoms with Gasteiger partial charge in [-0.25, -0.2) is 4.39 Å². The van der Waals surface area contributed by atoms with E-state index < -0.39 is 16.6 Å². The summed E-state index contributed by atoms with van der Waals surface area (Å²) in [5.41, 5.74) is 1.03. The van der Waals surface area contributed by atoms with Crippen molar-refractivity contribution in [3.63, 3.8) is 0 Å². The molecule has 2 rings (SSSR count). The third-order valence-corrected chi connectivity index (χ3v) is 2.77. The molecule has 0 atom stereocenters. The highest BCUT2D eigenvalue weighted by Crippen LogP contribution is 2.22. The molecule has 102 valence electrons. The highest BCUT2D eigenvalue weighted by Gasteiger charge is 2.13. The fourth-order valence-corrected chi connectivity index (χ4v) is 1.69. The van der Waals surface area contributed by atoms with Crippen LogP contribution in [0.3, 0.4) is 0 Å². The number of benzene rings is 2. The van der Waals surface area contributed by atoms with Gasteiger partial charge in [-0.3, -0.25) is 14.9 Å². The number of amides is 1. The Labute approximate surface area is 114 Å². The van der Waals surface area contributed by atoms with E-state index in [4.69, 9.17) is 0 Å². The van der Waals surface area contributed by atoms with Crippen molar-refractivity contribution in [1.29, 1.82) is 0 Å². The van der Waals surface area contributed by atoms with Crippen LogP contribution in [-0.2, 0) is 0 Å². The Morgan fingerprint density at radius 3 is 2.45 bits per heavy atom. The quantitative estimate of drug-likeness (QED) is 0.689. The highest BCUT2D eigenvalue weighted by molar-refractivity contribution is 6.04. The lowest BCUT2D eigenvalue weighted by molar-refractivity contribution is -0.385. The van der Waals surface area contributed by atoms with Crippen LogP contribution in [0.2, 0.25) is 0 Å². The number of nitrogens with one attached hydrogen (secondary N) is 1. The van der Waals surface area contributed by atoms with Crippen molar-refractivity contribution in [2.45, 2.75) is 6.92 Å². The lowest BCUT2D eigenvalue weighted by Crippen LogP contribution is -2.12. The summed E-state index contributed by atoms with van der Waals surface area (Å²) in [6.07, 6.45) is 0. The second-order valence-electron chi connectivity index (χ2n) is 4.22. The number of carbonyl (C=O) groups is 1. The molecule has 2 aromatic rings. The molecule has 0 aliphatic heterocycles. The van der Waals surface area contributed by atoms with Crippen LogP contribution in [0, 0.1) is 22.9 Å². The first-order chi connectivity index (χ1) is 9.47. The summed E-state index contributed by atoms with van der Waals surface area (Å²) < 4.78 is 12.8. The largest absolute Gasteiger partial charge is 0.322 e. The van der Waals surface area contributed by atoms with Crippen LogP contribution < -0.4 is 5.32 Å². The minimum absolute atomic E-state index is 0.0677. The van der Waals surface area contributed by atoms with Gasteiger partial charge in [-0.05, 0) is 37.3 Å². The van der Waals surface area contributed by atoms with E-state index in [2.05, 4.69) is 5.32 Å². The lowest BCUT2D eigenvalue weighted by atomic mass is 10.1. The number of hydrogen-bond donors (Lipinski definition) is 1. The lowest BCUT2D eigenvalue weighted by Gasteiger charge is -2.06. The van der Waals surface area contributed by atoms with E-state index >= 15 is 0 Å². The van der Waals surface area contributed by atoms with Gasteiger partial charge in [-0.15, -0.1) is 0 Å². The molecule has 20 heavy (non-hydrogen) atoms. The molecule has 1 N–H and O–H groups in total. The van der Waals surface area contributed by atoms with Crippen molar-refractivity contribution in [3.05, 3.63) is 69.5 Å². The van der Waals surface area contributed by atoms with Crippen molar-refractivity contribution < 1.29 is 14.1 Å². The molecule has 0 saturated carbocycles. The third-order valence-electron chi connectivity index (χ3n) is 2.77. The number of aryl methyl sites for hydroxylation is 1. The minimum Gasteiger partial charge on any atom is -0.322 e. The van der Waals surface area contributed by atoms with Crippen LogP contribution in [0.4, 0.5) is 15.8 Å². The maximum absolute atomic E-state index is 12.8. The zero-order valence-electron chi connectivity index (χ0n) is 10.6. The fourth-order valence-electron chi connectivity index (χ4n) is 1.69. The van der Waals surface area contributed by atoms with Crippen LogP contribution in [0.5, 0.6) is 0 Å². The molecule has 0 aliphatic rings. The molecule has 1 amide bonds. The number of halogens is 1. The van der Waals surface area contributed by atoms with Gasteiger partial charge >= 0.3 is 0 Å². The SMILES string of the molecule is Cc1ccc(NC(=O)c2ccc(F)cc2)cc1[N+](=O)[O-]. The normalized spacial score (nSPS) is 10.1. The summed E-state index contributed by atoms with van der Waals surface area (Å²) >= 11 is 0. The maximum Gasteiger partial charge on any atom is 0.274 e. The van der Waals surface area contributed by atoms with Gasteiger partial charge in [0.05, 0.1) is 4.92 Å². The van der Waals surface area contributed by atoms with E-state index in [9.17, 15) is 19.3 Å². The van der Waals surface area contributed by atoms with Gasteiger partial charge in [0.2, 0.25) is 0 Å². The molecular formula is C14H11FN2O3. The topological polar surface area (TPSA) is 72.2 Å². The number of hydrogen-bond acceptors (Lipinski definition) is 3. The van der Waals surface area contributed by atoms with Gasteiger partial charge in [0, 0.05) is 22.9 Å². The van der Waals surface area contributed by atoms with Gasteiger partial charge < -0.3 is 5.32 Å². The zero-order valence-corrected chi connectivity index (χ0v) is 10.6. The van der Waals surface area contributed by atoms with Crippen molar-refractivity contribution in [3.8, 4) is 0 Å². The van der Waals surface area contributed by atoms with E-state index in [1.807, 2.05) is 0 Å². The van der Waals surface area contributed by atoms with Gasteiger partial charge in [0.1, 0.15) is 5.82 Å². The number of anilines is 1. The van der Waals surface area contributed by atoms with Gasteiger partial charge in [0.25, 0.3) is 11.6 Å². The summed E-state index contributed by atoms with van der Waals surface area (Å²) in [5, 5.41) is 13.4. The average Bonchev–Trinajstić information content (AvgIpc) is 2.41. The monoisotopic (exact) mass is 274 g/mol. The predicted octanol–water partition coefficient (Wildman–Crippen LogP) is 3.29. The fraction of sp³-hybridized carbons (Fsp3) is 0.0714. The first-order valence-electron chi connectivity index (χ1n) is 5.79. The van der Waals surface area contributed by atoms with Crippen molar-refractivity contribution in [2.24, 2.45) is 0 Å². The van der Waals surface area contributed by atoms with E-state index in [-0.39, 0.29) is 11.3 Å².